The van der Waals surface area contributed by atoms with Gasteiger partial charge >= 0.3 is 6.03 Å². The van der Waals surface area contributed by atoms with Gasteiger partial charge in [-0.25, -0.2) is 4.79 Å². The molecule has 1 aromatic rings. The van der Waals surface area contributed by atoms with Crippen molar-refractivity contribution >= 4 is 11.9 Å². The molecule has 3 fully saturated rings. The van der Waals surface area contributed by atoms with Crippen LogP contribution in [-0.4, -0.2) is 95.7 Å². The molecule has 2 aliphatic heterocycles. The third-order valence-electron chi connectivity index (χ3n) is 8.44. The number of hydrogen-bond donors (Lipinski definition) is 3. The Balaban J connectivity index is 1.36. The molecule has 0 radical (unpaired) electrons. The van der Waals surface area contributed by atoms with Crippen molar-refractivity contribution in [1.29, 1.82) is 0 Å². The molecule has 3 N–H and O–H groups in total. The van der Waals surface area contributed by atoms with Gasteiger partial charge in [-0.2, -0.15) is 0 Å². The average molecular weight is 547 g/mol. The van der Waals surface area contributed by atoms with E-state index in [4.69, 9.17) is 18.9 Å². The van der Waals surface area contributed by atoms with Crippen molar-refractivity contribution in [3.05, 3.63) is 23.8 Å². The van der Waals surface area contributed by atoms with Crippen LogP contribution in [0.4, 0.5) is 4.79 Å². The molecule has 0 aromatic heterocycles. The van der Waals surface area contributed by atoms with Gasteiger partial charge in [0.25, 0.3) is 5.91 Å². The van der Waals surface area contributed by atoms with E-state index in [2.05, 4.69) is 16.0 Å². The molecule has 1 aliphatic carbocycles. The van der Waals surface area contributed by atoms with Crippen molar-refractivity contribution < 1.29 is 28.5 Å². The highest BCUT2D eigenvalue weighted by atomic mass is 16.5. The second kappa shape index (κ2) is 13.7. The van der Waals surface area contributed by atoms with Crippen molar-refractivity contribution in [3.8, 4) is 11.5 Å². The van der Waals surface area contributed by atoms with E-state index >= 15 is 0 Å². The first-order valence-corrected chi connectivity index (χ1v) is 14.3. The van der Waals surface area contributed by atoms with Gasteiger partial charge in [-0.1, -0.05) is 0 Å². The van der Waals surface area contributed by atoms with Crippen LogP contribution in [0.1, 0.15) is 49.9 Å². The van der Waals surface area contributed by atoms with Crippen molar-refractivity contribution in [1.82, 2.24) is 20.9 Å². The lowest BCUT2D eigenvalue weighted by Crippen LogP contribution is -2.45. The number of nitrogens with zero attached hydrogens (tertiary/aromatic N) is 1. The van der Waals surface area contributed by atoms with Gasteiger partial charge in [0, 0.05) is 82.6 Å². The van der Waals surface area contributed by atoms with Crippen LogP contribution < -0.4 is 25.4 Å². The number of nitrogens with one attached hydrogen (secondary N) is 3. The second-order valence-electron chi connectivity index (χ2n) is 11.3. The molecule has 1 unspecified atom stereocenters. The first-order chi connectivity index (χ1) is 18.9. The summed E-state index contributed by atoms with van der Waals surface area (Å²) in [5.74, 6) is 1.86. The monoisotopic (exact) mass is 546 g/mol. The van der Waals surface area contributed by atoms with Gasteiger partial charge in [-0.15, -0.1) is 0 Å². The average Bonchev–Trinajstić information content (AvgIpc) is 3.47. The first-order valence-electron chi connectivity index (χ1n) is 14.3. The number of methoxy groups -OCH3 is 2. The van der Waals surface area contributed by atoms with Crippen LogP contribution >= 0.6 is 0 Å². The van der Waals surface area contributed by atoms with Gasteiger partial charge in [0.15, 0.2) is 11.5 Å². The van der Waals surface area contributed by atoms with E-state index in [1.165, 1.54) is 0 Å². The van der Waals surface area contributed by atoms with Crippen molar-refractivity contribution in [3.63, 3.8) is 0 Å². The highest BCUT2D eigenvalue weighted by molar-refractivity contribution is 5.95. The maximum Gasteiger partial charge on any atom is 0.315 e. The summed E-state index contributed by atoms with van der Waals surface area (Å²) in [6, 6.07) is 5.40. The lowest BCUT2D eigenvalue weighted by atomic mass is 9.90. The minimum atomic E-state index is -0.0953. The number of carbonyl (C=O) groups is 2. The van der Waals surface area contributed by atoms with E-state index in [1.807, 2.05) is 18.7 Å². The van der Waals surface area contributed by atoms with E-state index in [0.717, 1.165) is 52.0 Å². The van der Waals surface area contributed by atoms with Gasteiger partial charge in [0.2, 0.25) is 0 Å². The van der Waals surface area contributed by atoms with Gasteiger partial charge in [-0.05, 0) is 63.1 Å². The fourth-order valence-corrected chi connectivity index (χ4v) is 5.87. The van der Waals surface area contributed by atoms with Crippen LogP contribution in [0, 0.1) is 17.3 Å². The number of rotatable bonds is 13. The maximum atomic E-state index is 13.7. The highest BCUT2D eigenvalue weighted by Gasteiger charge is 2.62. The number of benzene rings is 1. The molecule has 3 amide bonds. The smallest absolute Gasteiger partial charge is 0.315 e. The molecule has 39 heavy (non-hydrogen) atoms. The maximum absolute atomic E-state index is 13.7. The largest absolute Gasteiger partial charge is 0.493 e. The molecule has 0 bridgehead atoms. The van der Waals surface area contributed by atoms with Crippen LogP contribution in [0.5, 0.6) is 11.5 Å². The second-order valence-corrected chi connectivity index (χ2v) is 11.3. The van der Waals surface area contributed by atoms with Crippen molar-refractivity contribution in [2.75, 3.05) is 66.8 Å². The van der Waals surface area contributed by atoms with Crippen LogP contribution in [-0.2, 0) is 9.47 Å². The predicted molar refractivity (Wildman–Crippen MR) is 148 cm³/mol. The van der Waals surface area contributed by atoms with Gasteiger partial charge in [0.1, 0.15) is 0 Å². The Morgan fingerprint density at radius 3 is 2.69 bits per heavy atom. The van der Waals surface area contributed by atoms with Crippen LogP contribution in [0.15, 0.2) is 18.2 Å². The van der Waals surface area contributed by atoms with E-state index in [1.54, 1.807) is 32.4 Å². The normalized spacial score (nSPS) is 24.5. The van der Waals surface area contributed by atoms with E-state index in [9.17, 15) is 9.59 Å². The summed E-state index contributed by atoms with van der Waals surface area (Å²) in [7, 11) is 3.25. The molecule has 218 valence electrons. The van der Waals surface area contributed by atoms with Gasteiger partial charge in [0.05, 0.1) is 13.7 Å². The quantitative estimate of drug-likeness (QED) is 0.326. The summed E-state index contributed by atoms with van der Waals surface area (Å²) in [6.07, 6.45) is 3.66. The Hall–Kier alpha value is -2.56. The number of carbonyl (C=O) groups excluding carboxylic acids is 2. The van der Waals surface area contributed by atoms with Crippen molar-refractivity contribution in [2.45, 2.75) is 51.6 Å². The Bertz CT molecular complexity index is 969. The molecular formula is C29H46N4O6. The minimum absolute atomic E-state index is 0.0149. The molecule has 10 heteroatoms. The van der Waals surface area contributed by atoms with E-state index in [0.29, 0.717) is 49.3 Å². The summed E-state index contributed by atoms with van der Waals surface area (Å²) in [4.78, 5) is 28.3. The fraction of sp³-hybridized carbons (Fsp3) is 0.724. The zero-order valence-electron chi connectivity index (χ0n) is 23.9. The first kappa shape index (κ1) is 29.4. The van der Waals surface area contributed by atoms with Crippen LogP contribution in [0.3, 0.4) is 0 Å². The Morgan fingerprint density at radius 2 is 1.97 bits per heavy atom. The molecule has 1 aromatic carbocycles. The summed E-state index contributed by atoms with van der Waals surface area (Å²) in [5.41, 5.74) is 0.558. The van der Waals surface area contributed by atoms with E-state index in [-0.39, 0.29) is 35.4 Å². The molecular weight excluding hydrogens is 500 g/mol. The molecule has 10 nitrogen and oxygen atoms in total. The summed E-state index contributed by atoms with van der Waals surface area (Å²) in [5, 5.41) is 9.79. The third-order valence-corrected chi connectivity index (χ3v) is 8.44. The lowest BCUT2D eigenvalue weighted by Gasteiger charge is -2.32. The summed E-state index contributed by atoms with van der Waals surface area (Å²) < 4.78 is 21.9. The third kappa shape index (κ3) is 7.35. The number of amides is 3. The fourth-order valence-electron chi connectivity index (χ4n) is 5.87. The SMILES string of the molecule is COCCCOc1cc(C(=O)N(C[C@@H]2CNCC23C[C@@H]3NC(=O)NCC2CCOCC2)C(C)C)ccc1OC. The zero-order valence-corrected chi connectivity index (χ0v) is 23.9. The number of ether oxygens (including phenoxy) is 4. The lowest BCUT2D eigenvalue weighted by molar-refractivity contribution is 0.0653. The summed E-state index contributed by atoms with van der Waals surface area (Å²) in [6.45, 7) is 9.72. The molecule has 2 heterocycles. The van der Waals surface area contributed by atoms with E-state index < -0.39 is 0 Å². The van der Waals surface area contributed by atoms with Gasteiger partial charge in [-0.3, -0.25) is 4.79 Å². The Labute approximate surface area is 232 Å². The number of urea groups is 1. The van der Waals surface area contributed by atoms with Crippen molar-refractivity contribution in [2.24, 2.45) is 17.3 Å². The molecule has 3 atom stereocenters. The molecule has 4 rings (SSSR count). The minimum Gasteiger partial charge on any atom is -0.493 e. The van der Waals surface area contributed by atoms with Crippen LogP contribution in [0.2, 0.25) is 0 Å². The molecule has 1 spiro atoms. The molecule has 1 saturated carbocycles. The Kier molecular flexibility index (Phi) is 10.3. The predicted octanol–water partition coefficient (Wildman–Crippen LogP) is 2.67. The molecule has 3 aliphatic rings. The summed E-state index contributed by atoms with van der Waals surface area (Å²) >= 11 is 0. The van der Waals surface area contributed by atoms with Gasteiger partial charge < -0.3 is 39.8 Å². The standard InChI is InChI=1S/C29H46N4O6/c1-20(2)33(27(34)22-6-7-24(37-4)25(14-22)39-11-5-10-36-3)18-23-17-30-19-29(23)15-26(29)32-28(35)31-16-21-8-12-38-13-9-21/h6-7,14,20-21,23,26,30H,5,8-13,15-19H2,1-4H3,(H2,31,32,35)/t23-,26-,29?/m0/s1. The number of hydrogen-bond acceptors (Lipinski definition) is 7. The highest BCUT2D eigenvalue weighted by Crippen LogP contribution is 2.54. The van der Waals surface area contributed by atoms with Crippen LogP contribution in [0.25, 0.3) is 0 Å². The Morgan fingerprint density at radius 1 is 1.18 bits per heavy atom. The topological polar surface area (TPSA) is 110 Å². The molecule has 2 saturated heterocycles. The zero-order chi connectivity index (χ0) is 27.8.